The van der Waals surface area contributed by atoms with Crippen molar-refractivity contribution in [3.63, 3.8) is 0 Å². The molecule has 2 aromatic heterocycles. The summed E-state index contributed by atoms with van der Waals surface area (Å²) in [5, 5.41) is 9.57. The monoisotopic (exact) mass is 258 g/mol. The molecule has 66 valence electrons. The normalized spacial score (nSPS) is 10.5. The summed E-state index contributed by atoms with van der Waals surface area (Å²) in [6, 6.07) is 0. The second-order valence-electron chi connectivity index (χ2n) is 2.30. The summed E-state index contributed by atoms with van der Waals surface area (Å²) in [5.74, 6) is -0.959. The van der Waals surface area contributed by atoms with Gasteiger partial charge in [0.05, 0.1) is 3.79 Å². The summed E-state index contributed by atoms with van der Waals surface area (Å²) >= 11 is 4.41. The van der Waals surface area contributed by atoms with Crippen LogP contribution in [-0.4, -0.2) is 21.0 Å². The number of carbonyl (C=O) groups is 1. The van der Waals surface area contributed by atoms with Gasteiger partial charge in [-0.2, -0.15) is 0 Å². The van der Waals surface area contributed by atoms with Crippen LogP contribution in [0, 0.1) is 0 Å². The fraction of sp³-hybridized carbons (Fsp3) is 0. The molecule has 0 radical (unpaired) electrons. The quantitative estimate of drug-likeness (QED) is 0.852. The highest BCUT2D eigenvalue weighted by atomic mass is 79.9. The number of carboxylic acid groups (broad SMARTS) is 1. The first-order chi connectivity index (χ1) is 6.20. The van der Waals surface area contributed by atoms with Crippen LogP contribution in [0.15, 0.2) is 16.3 Å². The van der Waals surface area contributed by atoms with Crippen molar-refractivity contribution in [1.29, 1.82) is 0 Å². The lowest BCUT2D eigenvalue weighted by Crippen LogP contribution is -1.93. The Morgan fingerprint density at radius 1 is 1.62 bits per heavy atom. The molecule has 0 aliphatic rings. The van der Waals surface area contributed by atoms with Gasteiger partial charge < -0.3 is 5.11 Å². The van der Waals surface area contributed by atoms with Crippen LogP contribution in [0.25, 0.3) is 10.9 Å². The van der Waals surface area contributed by atoms with E-state index >= 15 is 0 Å². The zero-order valence-corrected chi connectivity index (χ0v) is 8.59. The highest BCUT2D eigenvalue weighted by molar-refractivity contribution is 9.11. The van der Waals surface area contributed by atoms with Crippen LogP contribution in [0.1, 0.15) is 9.67 Å². The molecule has 6 heteroatoms. The maximum absolute atomic E-state index is 10.8. The second-order valence-corrected chi connectivity index (χ2v) is 4.63. The van der Waals surface area contributed by atoms with Crippen molar-refractivity contribution in [3.05, 3.63) is 21.2 Å². The summed E-state index contributed by atoms with van der Waals surface area (Å²) in [6.45, 7) is 0. The number of rotatable bonds is 1. The number of aromatic nitrogens is 2. The number of aromatic carboxylic acids is 1. The third-order valence-corrected chi connectivity index (χ3v) is 3.41. The lowest BCUT2D eigenvalue weighted by Gasteiger charge is -1.88. The van der Waals surface area contributed by atoms with Crippen LogP contribution in [0.3, 0.4) is 0 Å². The van der Waals surface area contributed by atoms with Crippen LogP contribution in [0.2, 0.25) is 0 Å². The molecule has 2 aromatic rings. The maximum atomic E-state index is 10.8. The molecule has 0 aromatic carbocycles. The summed E-state index contributed by atoms with van der Waals surface area (Å²) in [4.78, 5) is 18.7. The molecule has 0 saturated heterocycles. The fourth-order valence-electron chi connectivity index (χ4n) is 0.992. The number of carboxylic acids is 1. The molecular formula is C7H3BrN2O2S. The van der Waals surface area contributed by atoms with Crippen LogP contribution in [0.4, 0.5) is 0 Å². The van der Waals surface area contributed by atoms with Crippen LogP contribution in [-0.2, 0) is 0 Å². The Hall–Kier alpha value is -1.01. The molecule has 0 spiro atoms. The molecule has 0 aliphatic heterocycles. The van der Waals surface area contributed by atoms with Gasteiger partial charge in [0.25, 0.3) is 0 Å². The maximum Gasteiger partial charge on any atom is 0.348 e. The van der Waals surface area contributed by atoms with Crippen molar-refractivity contribution in [2.45, 2.75) is 0 Å². The summed E-state index contributed by atoms with van der Waals surface area (Å²) in [7, 11) is 0. The van der Waals surface area contributed by atoms with E-state index in [4.69, 9.17) is 5.11 Å². The molecule has 2 rings (SSSR count). The number of hydrogen-bond donors (Lipinski definition) is 1. The van der Waals surface area contributed by atoms with Gasteiger partial charge in [-0.25, -0.2) is 14.8 Å². The SMILES string of the molecule is O=C(O)c1sc(Br)c2cncnc12. The van der Waals surface area contributed by atoms with E-state index in [-0.39, 0.29) is 4.88 Å². The predicted molar refractivity (Wildman–Crippen MR) is 52.1 cm³/mol. The molecule has 0 fully saturated rings. The minimum Gasteiger partial charge on any atom is -0.477 e. The van der Waals surface area contributed by atoms with Crippen molar-refractivity contribution in [2.24, 2.45) is 0 Å². The van der Waals surface area contributed by atoms with E-state index in [0.29, 0.717) is 5.52 Å². The van der Waals surface area contributed by atoms with E-state index in [2.05, 4.69) is 25.9 Å². The zero-order chi connectivity index (χ0) is 9.42. The van der Waals surface area contributed by atoms with Gasteiger partial charge in [-0.15, -0.1) is 11.3 Å². The highest BCUT2D eigenvalue weighted by Gasteiger charge is 2.15. The zero-order valence-electron chi connectivity index (χ0n) is 6.19. The molecule has 0 saturated carbocycles. The van der Waals surface area contributed by atoms with Crippen molar-refractivity contribution in [1.82, 2.24) is 9.97 Å². The second kappa shape index (κ2) is 3.04. The highest BCUT2D eigenvalue weighted by Crippen LogP contribution is 2.33. The first-order valence-corrected chi connectivity index (χ1v) is 4.92. The molecule has 0 unspecified atom stereocenters. The van der Waals surface area contributed by atoms with Crippen LogP contribution >= 0.6 is 27.3 Å². The van der Waals surface area contributed by atoms with Crippen molar-refractivity contribution in [2.75, 3.05) is 0 Å². The third kappa shape index (κ3) is 1.31. The number of nitrogens with zero attached hydrogens (tertiary/aromatic N) is 2. The van der Waals surface area contributed by atoms with Crippen LogP contribution < -0.4 is 0 Å². The van der Waals surface area contributed by atoms with Gasteiger partial charge in [0.1, 0.15) is 16.7 Å². The average molecular weight is 259 g/mol. The van der Waals surface area contributed by atoms with Crippen molar-refractivity contribution in [3.8, 4) is 0 Å². The molecule has 1 N–H and O–H groups in total. The van der Waals surface area contributed by atoms with Crippen LogP contribution in [0.5, 0.6) is 0 Å². The third-order valence-electron chi connectivity index (χ3n) is 1.53. The first kappa shape index (κ1) is 8.58. The standard InChI is InChI=1S/C7H3BrN2O2S/c8-6-3-1-9-2-10-4(3)5(13-6)7(11)12/h1-2H,(H,11,12). The predicted octanol–water partition coefficient (Wildman–Crippen LogP) is 2.15. The lowest BCUT2D eigenvalue weighted by atomic mass is 10.3. The summed E-state index contributed by atoms with van der Waals surface area (Å²) in [5.41, 5.74) is 0.486. The van der Waals surface area contributed by atoms with E-state index in [1.54, 1.807) is 6.20 Å². The lowest BCUT2D eigenvalue weighted by molar-refractivity contribution is 0.0704. The Balaban J connectivity index is 2.85. The van der Waals surface area contributed by atoms with E-state index in [0.717, 1.165) is 20.5 Å². The molecule has 0 amide bonds. The Labute approximate surface area is 85.4 Å². The smallest absolute Gasteiger partial charge is 0.348 e. The fourth-order valence-corrected chi connectivity index (χ4v) is 2.55. The topological polar surface area (TPSA) is 63.1 Å². The minimum absolute atomic E-state index is 0.240. The Kier molecular flexibility index (Phi) is 2.01. The molecule has 0 atom stereocenters. The number of hydrogen-bond acceptors (Lipinski definition) is 4. The van der Waals surface area contributed by atoms with E-state index in [1.807, 2.05) is 0 Å². The van der Waals surface area contributed by atoms with Crippen molar-refractivity contribution < 1.29 is 9.90 Å². The number of thiophene rings is 1. The molecule has 4 nitrogen and oxygen atoms in total. The van der Waals surface area contributed by atoms with Crippen molar-refractivity contribution >= 4 is 44.1 Å². The van der Waals surface area contributed by atoms with Gasteiger partial charge in [-0.3, -0.25) is 0 Å². The largest absolute Gasteiger partial charge is 0.477 e. The first-order valence-electron chi connectivity index (χ1n) is 3.31. The van der Waals surface area contributed by atoms with Gasteiger partial charge >= 0.3 is 5.97 Å². The number of fused-ring (bicyclic) bond motifs is 1. The molecular weight excluding hydrogens is 256 g/mol. The van der Waals surface area contributed by atoms with E-state index in [1.165, 1.54) is 6.33 Å². The van der Waals surface area contributed by atoms with E-state index < -0.39 is 5.97 Å². The van der Waals surface area contributed by atoms with Gasteiger partial charge in [-0.1, -0.05) is 0 Å². The number of halogens is 1. The molecule has 0 bridgehead atoms. The summed E-state index contributed by atoms with van der Waals surface area (Å²) < 4.78 is 0.750. The van der Waals surface area contributed by atoms with E-state index in [9.17, 15) is 4.79 Å². The van der Waals surface area contributed by atoms with Gasteiger partial charge in [0, 0.05) is 11.6 Å². The molecule has 13 heavy (non-hydrogen) atoms. The average Bonchev–Trinajstić information content (AvgIpc) is 2.45. The molecule has 2 heterocycles. The Morgan fingerprint density at radius 3 is 3.08 bits per heavy atom. The minimum atomic E-state index is -0.959. The Morgan fingerprint density at radius 2 is 2.38 bits per heavy atom. The van der Waals surface area contributed by atoms with Gasteiger partial charge in [-0.05, 0) is 15.9 Å². The Bertz CT molecular complexity index is 482. The van der Waals surface area contributed by atoms with Gasteiger partial charge in [0.2, 0.25) is 0 Å². The summed E-state index contributed by atoms with van der Waals surface area (Å²) in [6.07, 6.45) is 2.93. The van der Waals surface area contributed by atoms with Gasteiger partial charge in [0.15, 0.2) is 0 Å². The molecule has 0 aliphatic carbocycles.